The summed E-state index contributed by atoms with van der Waals surface area (Å²) in [5.41, 5.74) is 0. The monoisotopic (exact) mass is 454 g/mol. The zero-order valence-corrected chi connectivity index (χ0v) is 21.4. The molecule has 1 amide bonds. The highest BCUT2D eigenvalue weighted by atomic mass is 16.4. The number of allylic oxidation sites excluding steroid dienone is 1. The van der Waals surface area contributed by atoms with E-state index in [1.165, 1.54) is 19.3 Å². The minimum atomic E-state index is -1.12. The molecule has 2 N–H and O–H groups in total. The Bertz CT molecular complexity index is 528. The standard InChI is InChI=1S/C26H50N2O4/c1-6-8-9-16-19-22(29)20-17-14-12-10-11-13-15-18-21-24(30)27-23(7-2)25(26(31)32)28(3,4)5/h14,17,22-23,25,29H,6-13,15-16,18-21H2,1-5H3,(H-,27,30,31,32)/b17-14-/t22-,23?,25?/m1/s1. The molecule has 0 aliphatic carbocycles. The molecule has 2 unspecified atom stereocenters. The average molecular weight is 455 g/mol. The topological polar surface area (TPSA) is 89.5 Å². The van der Waals surface area contributed by atoms with E-state index in [9.17, 15) is 19.8 Å². The third kappa shape index (κ3) is 15.4. The van der Waals surface area contributed by atoms with E-state index in [4.69, 9.17) is 0 Å². The third-order valence-electron chi connectivity index (χ3n) is 5.98. The molecular weight excluding hydrogens is 404 g/mol. The lowest BCUT2D eigenvalue weighted by atomic mass is 10.0. The van der Waals surface area contributed by atoms with E-state index >= 15 is 0 Å². The van der Waals surface area contributed by atoms with Crippen molar-refractivity contribution < 1.29 is 24.3 Å². The Labute approximate surface area is 197 Å². The van der Waals surface area contributed by atoms with Crippen LogP contribution in [0.3, 0.4) is 0 Å². The fraction of sp³-hybridized carbons (Fsp3) is 0.846. The first-order chi connectivity index (χ1) is 15.1. The summed E-state index contributed by atoms with van der Waals surface area (Å²) >= 11 is 0. The molecule has 6 heteroatoms. The van der Waals surface area contributed by atoms with E-state index in [2.05, 4.69) is 24.4 Å². The lowest BCUT2D eigenvalue weighted by molar-refractivity contribution is -0.890. The molecule has 0 aromatic carbocycles. The molecule has 0 aromatic heterocycles. The van der Waals surface area contributed by atoms with Gasteiger partial charge < -0.3 is 24.8 Å². The molecular formula is C26H50N2O4. The Kier molecular flexibility index (Phi) is 17.3. The predicted octanol–water partition coefficient (Wildman–Crippen LogP) is 3.71. The highest BCUT2D eigenvalue weighted by Crippen LogP contribution is 2.13. The van der Waals surface area contributed by atoms with Gasteiger partial charge in [0, 0.05) is 6.42 Å². The number of hydrogen-bond donors (Lipinski definition) is 2. The van der Waals surface area contributed by atoms with E-state index in [0.29, 0.717) is 12.8 Å². The van der Waals surface area contributed by atoms with Crippen LogP contribution in [0.1, 0.15) is 104 Å². The van der Waals surface area contributed by atoms with Crippen molar-refractivity contribution in [1.82, 2.24) is 5.32 Å². The van der Waals surface area contributed by atoms with Gasteiger partial charge in [-0.25, -0.2) is 0 Å². The molecule has 0 aliphatic rings. The van der Waals surface area contributed by atoms with Crippen LogP contribution in [-0.4, -0.2) is 60.8 Å². The summed E-state index contributed by atoms with van der Waals surface area (Å²) in [4.78, 5) is 23.8. The first-order valence-electron chi connectivity index (χ1n) is 12.8. The van der Waals surface area contributed by atoms with Crippen molar-refractivity contribution in [2.24, 2.45) is 0 Å². The Morgan fingerprint density at radius 2 is 1.56 bits per heavy atom. The van der Waals surface area contributed by atoms with Crippen LogP contribution in [0, 0.1) is 0 Å². The van der Waals surface area contributed by atoms with Gasteiger partial charge in [0.15, 0.2) is 0 Å². The molecule has 0 aromatic rings. The number of aliphatic hydroxyl groups excluding tert-OH is 1. The van der Waals surface area contributed by atoms with Crippen LogP contribution in [0.2, 0.25) is 0 Å². The maximum Gasteiger partial charge on any atom is 0.220 e. The molecule has 0 heterocycles. The second-order valence-electron chi connectivity index (χ2n) is 9.98. The molecule has 0 fully saturated rings. The van der Waals surface area contributed by atoms with Crippen LogP contribution in [-0.2, 0) is 9.59 Å². The Hall–Kier alpha value is -1.40. The number of aliphatic hydroxyl groups is 1. The van der Waals surface area contributed by atoms with E-state index in [-0.39, 0.29) is 16.5 Å². The molecule has 0 rings (SSSR count). The van der Waals surface area contributed by atoms with Gasteiger partial charge in [-0.2, -0.15) is 0 Å². The number of carbonyl (C=O) groups is 2. The molecule has 0 saturated heterocycles. The summed E-state index contributed by atoms with van der Waals surface area (Å²) in [5.74, 6) is -1.20. The number of amides is 1. The van der Waals surface area contributed by atoms with Crippen LogP contribution < -0.4 is 10.4 Å². The molecule has 0 aliphatic heterocycles. The van der Waals surface area contributed by atoms with Gasteiger partial charge in [0.1, 0.15) is 12.0 Å². The smallest absolute Gasteiger partial charge is 0.220 e. The average Bonchev–Trinajstić information content (AvgIpc) is 2.70. The number of unbranched alkanes of at least 4 members (excludes halogenated alkanes) is 8. The number of nitrogens with zero attached hydrogens (tertiary/aromatic N) is 1. The highest BCUT2D eigenvalue weighted by Gasteiger charge is 2.33. The fourth-order valence-electron chi connectivity index (χ4n) is 4.08. The Morgan fingerprint density at radius 3 is 2.16 bits per heavy atom. The molecule has 0 spiro atoms. The number of likely N-dealkylation sites (N-methyl/N-ethyl adjacent to an activating group) is 1. The lowest BCUT2D eigenvalue weighted by Crippen LogP contribution is -2.64. The van der Waals surface area contributed by atoms with Crippen LogP contribution in [0.15, 0.2) is 12.2 Å². The maximum absolute atomic E-state index is 12.3. The lowest BCUT2D eigenvalue weighted by Gasteiger charge is -2.39. The number of nitrogens with one attached hydrogen (secondary N) is 1. The first-order valence-corrected chi connectivity index (χ1v) is 12.8. The van der Waals surface area contributed by atoms with Crippen LogP contribution in [0.5, 0.6) is 0 Å². The Morgan fingerprint density at radius 1 is 0.938 bits per heavy atom. The summed E-state index contributed by atoms with van der Waals surface area (Å²) in [6.07, 6.45) is 17.8. The maximum atomic E-state index is 12.3. The van der Waals surface area contributed by atoms with Crippen LogP contribution in [0.25, 0.3) is 0 Å². The minimum Gasteiger partial charge on any atom is -0.544 e. The number of hydrogen-bond acceptors (Lipinski definition) is 4. The number of carboxylic acids is 1. The quantitative estimate of drug-likeness (QED) is 0.167. The summed E-state index contributed by atoms with van der Waals surface area (Å²) in [6, 6.07) is -1.19. The summed E-state index contributed by atoms with van der Waals surface area (Å²) in [6.45, 7) is 4.08. The fourth-order valence-corrected chi connectivity index (χ4v) is 4.08. The molecule has 3 atom stereocenters. The number of carboxylic acid groups (broad SMARTS) is 1. The van der Waals surface area contributed by atoms with Crippen molar-refractivity contribution >= 4 is 11.9 Å². The van der Waals surface area contributed by atoms with Gasteiger partial charge in [-0.1, -0.05) is 70.9 Å². The zero-order chi connectivity index (χ0) is 24.4. The van der Waals surface area contributed by atoms with Crippen molar-refractivity contribution in [2.75, 3.05) is 21.1 Å². The van der Waals surface area contributed by atoms with Gasteiger partial charge in [-0.3, -0.25) is 4.79 Å². The largest absolute Gasteiger partial charge is 0.544 e. The van der Waals surface area contributed by atoms with Gasteiger partial charge in [0.2, 0.25) is 5.91 Å². The third-order valence-corrected chi connectivity index (χ3v) is 5.98. The van der Waals surface area contributed by atoms with Crippen molar-refractivity contribution in [2.45, 2.75) is 122 Å². The van der Waals surface area contributed by atoms with Crippen LogP contribution in [0.4, 0.5) is 0 Å². The van der Waals surface area contributed by atoms with Crippen LogP contribution >= 0.6 is 0 Å². The van der Waals surface area contributed by atoms with E-state index < -0.39 is 18.1 Å². The predicted molar refractivity (Wildman–Crippen MR) is 130 cm³/mol. The number of rotatable bonds is 20. The summed E-state index contributed by atoms with van der Waals surface area (Å²) in [7, 11) is 5.42. The summed E-state index contributed by atoms with van der Waals surface area (Å²) < 4.78 is 0.216. The molecule has 32 heavy (non-hydrogen) atoms. The number of carbonyl (C=O) groups excluding carboxylic acids is 2. The summed E-state index contributed by atoms with van der Waals surface area (Å²) in [5, 5.41) is 24.4. The van der Waals surface area contributed by atoms with Crippen molar-refractivity contribution in [1.29, 1.82) is 0 Å². The first kappa shape index (κ1) is 30.6. The van der Waals surface area contributed by atoms with Gasteiger partial charge in [0.25, 0.3) is 0 Å². The Balaban J connectivity index is 3.87. The SMILES string of the molecule is CCCCCC[C@@H](O)C/C=C\CCCCCCCC(=O)NC(CC)C(C(=O)[O-])[N+](C)(C)C. The van der Waals surface area contributed by atoms with Crippen molar-refractivity contribution in [3.63, 3.8) is 0 Å². The molecule has 0 bridgehead atoms. The molecule has 0 saturated carbocycles. The van der Waals surface area contributed by atoms with E-state index in [1.807, 2.05) is 6.92 Å². The van der Waals surface area contributed by atoms with Crippen molar-refractivity contribution in [3.05, 3.63) is 12.2 Å². The number of aliphatic carboxylic acids is 1. The van der Waals surface area contributed by atoms with Gasteiger partial charge in [-0.05, 0) is 38.5 Å². The normalized spacial score (nSPS) is 14.9. The van der Waals surface area contributed by atoms with Gasteiger partial charge >= 0.3 is 0 Å². The second kappa shape index (κ2) is 18.1. The molecule has 0 radical (unpaired) electrons. The number of quaternary nitrogens is 1. The zero-order valence-electron chi connectivity index (χ0n) is 21.4. The molecule has 6 nitrogen and oxygen atoms in total. The molecule has 188 valence electrons. The van der Waals surface area contributed by atoms with Gasteiger partial charge in [-0.15, -0.1) is 0 Å². The van der Waals surface area contributed by atoms with E-state index in [0.717, 1.165) is 57.8 Å². The minimum absolute atomic E-state index is 0.0762. The van der Waals surface area contributed by atoms with Crippen molar-refractivity contribution in [3.8, 4) is 0 Å². The highest BCUT2D eigenvalue weighted by molar-refractivity contribution is 5.78. The second-order valence-corrected chi connectivity index (χ2v) is 9.98. The van der Waals surface area contributed by atoms with Gasteiger partial charge in [0.05, 0.1) is 33.3 Å². The van der Waals surface area contributed by atoms with E-state index in [1.54, 1.807) is 21.1 Å².